The predicted octanol–water partition coefficient (Wildman–Crippen LogP) is 3.90. The molecule has 0 bridgehead atoms. The number of carbonyl (C=O) groups is 3. The molecule has 1 aliphatic carbocycles. The predicted molar refractivity (Wildman–Crippen MR) is 143 cm³/mol. The normalized spacial score (nSPS) is 18.8. The Morgan fingerprint density at radius 2 is 1.60 bits per heavy atom. The Bertz CT molecular complexity index is 1420. The summed E-state index contributed by atoms with van der Waals surface area (Å²) in [7, 11) is 0. The van der Waals surface area contributed by atoms with E-state index in [-0.39, 0.29) is 0 Å². The molecule has 40 heavy (non-hydrogen) atoms. The minimum atomic E-state index is -4.53. The molecule has 2 amide bonds. The number of amides is 2. The first-order chi connectivity index (χ1) is 19.1. The van der Waals surface area contributed by atoms with Crippen LogP contribution in [0.2, 0.25) is 0 Å². The number of alkyl halides is 3. The number of likely N-dealkylation sites (tertiary alicyclic amines) is 1. The van der Waals surface area contributed by atoms with Crippen LogP contribution in [-0.4, -0.2) is 54.5 Å². The van der Waals surface area contributed by atoms with Crippen molar-refractivity contribution in [3.05, 3.63) is 95.1 Å². The maximum absolute atomic E-state index is 13.1. The summed E-state index contributed by atoms with van der Waals surface area (Å²) < 4.78 is 38.5. The summed E-state index contributed by atoms with van der Waals surface area (Å²) in [6.07, 6.45) is -2.20. The molecule has 208 valence electrons. The van der Waals surface area contributed by atoms with E-state index in [0.717, 1.165) is 12.8 Å². The second kappa shape index (κ2) is 10.9. The van der Waals surface area contributed by atoms with Crippen LogP contribution in [0.3, 0.4) is 0 Å². The first-order valence-corrected chi connectivity index (χ1v) is 13.1. The summed E-state index contributed by atoms with van der Waals surface area (Å²) in [6.45, 7) is -0.102. The molecule has 3 atom stereocenters. The Hall–Kier alpha value is -4.02. The van der Waals surface area contributed by atoms with Gasteiger partial charge in [-0.1, -0.05) is 54.6 Å². The van der Waals surface area contributed by atoms with Crippen LogP contribution in [-0.2, 0) is 9.59 Å². The van der Waals surface area contributed by atoms with Gasteiger partial charge in [0.2, 0.25) is 5.91 Å². The van der Waals surface area contributed by atoms with E-state index in [1.54, 1.807) is 60.7 Å². The van der Waals surface area contributed by atoms with Gasteiger partial charge in [-0.15, -0.1) is 0 Å². The Balaban J connectivity index is 1.54. The van der Waals surface area contributed by atoms with Gasteiger partial charge < -0.3 is 16.4 Å². The lowest BCUT2D eigenvalue weighted by Crippen LogP contribution is -2.64. The van der Waals surface area contributed by atoms with E-state index >= 15 is 0 Å². The molecule has 1 saturated heterocycles. The number of aldehydes is 1. The number of nitrogens with zero attached hydrogens (tertiary/aromatic N) is 1. The Morgan fingerprint density at radius 1 is 0.950 bits per heavy atom. The highest BCUT2D eigenvalue weighted by Crippen LogP contribution is 2.46. The lowest BCUT2D eigenvalue weighted by Gasteiger charge is -2.39. The number of carbonyl (C=O) groups excluding carboxylic acids is 3. The Morgan fingerprint density at radius 3 is 2.27 bits per heavy atom. The molecule has 3 aromatic carbocycles. The lowest BCUT2D eigenvalue weighted by atomic mass is 9.89. The van der Waals surface area contributed by atoms with Gasteiger partial charge in [-0.05, 0) is 71.9 Å². The summed E-state index contributed by atoms with van der Waals surface area (Å²) >= 11 is 0. The van der Waals surface area contributed by atoms with Crippen molar-refractivity contribution in [3.63, 3.8) is 0 Å². The van der Waals surface area contributed by atoms with Gasteiger partial charge in [0, 0.05) is 5.56 Å². The maximum atomic E-state index is 13.1. The minimum absolute atomic E-state index is 0.356. The molecule has 3 aromatic rings. The second-order valence-corrected chi connectivity index (χ2v) is 10.2. The highest BCUT2D eigenvalue weighted by molar-refractivity contribution is 5.97. The molecule has 1 aliphatic heterocycles. The number of halogens is 3. The molecular formula is C30H29F3N4O3. The number of hydrogen-bond acceptors (Lipinski definition) is 5. The van der Waals surface area contributed by atoms with E-state index in [1.807, 2.05) is 17.4 Å². The monoisotopic (exact) mass is 550 g/mol. The molecule has 2 aliphatic rings. The third-order valence-corrected chi connectivity index (χ3v) is 7.51. The maximum Gasteiger partial charge on any atom is 0.405 e. The standard InChI is InChI=1S/C30H29F3N4O3/c31-30(32,33)17-35-28(40)25-22-11-5-4-10-21(22)24-16-20(12-13-23(24)25)26(37-14-6-7-15-37)29(34,18-38)36-27(39)19-8-2-1-3-9-19/h1-5,8-13,16,18,25-26H,6-7,14-15,17,34H2,(H,35,40)(H,36,39). The Labute approximate surface area is 229 Å². The highest BCUT2D eigenvalue weighted by atomic mass is 19.4. The van der Waals surface area contributed by atoms with Crippen LogP contribution >= 0.6 is 0 Å². The van der Waals surface area contributed by atoms with Crippen molar-refractivity contribution >= 4 is 18.1 Å². The fraction of sp³-hybridized carbons (Fsp3) is 0.300. The number of benzene rings is 3. The van der Waals surface area contributed by atoms with Gasteiger partial charge in [0.05, 0.1) is 12.0 Å². The molecule has 7 nitrogen and oxygen atoms in total. The highest BCUT2D eigenvalue weighted by Gasteiger charge is 2.44. The van der Waals surface area contributed by atoms with Crippen LogP contribution in [0.15, 0.2) is 72.8 Å². The second-order valence-electron chi connectivity index (χ2n) is 10.2. The quantitative estimate of drug-likeness (QED) is 0.292. The van der Waals surface area contributed by atoms with Gasteiger partial charge in [0.25, 0.3) is 5.91 Å². The number of hydrogen-bond donors (Lipinski definition) is 3. The van der Waals surface area contributed by atoms with E-state index in [0.29, 0.717) is 52.8 Å². The fourth-order valence-corrected chi connectivity index (χ4v) is 5.77. The van der Waals surface area contributed by atoms with Gasteiger partial charge in [0.15, 0.2) is 11.9 Å². The number of rotatable bonds is 8. The molecule has 1 fully saturated rings. The Kier molecular flexibility index (Phi) is 7.48. The van der Waals surface area contributed by atoms with Crippen molar-refractivity contribution in [1.82, 2.24) is 15.5 Å². The van der Waals surface area contributed by atoms with Gasteiger partial charge >= 0.3 is 6.18 Å². The average molecular weight is 551 g/mol. The molecular weight excluding hydrogens is 521 g/mol. The summed E-state index contributed by atoms with van der Waals surface area (Å²) in [4.78, 5) is 40.7. The van der Waals surface area contributed by atoms with Crippen LogP contribution in [0.4, 0.5) is 13.2 Å². The van der Waals surface area contributed by atoms with Crippen LogP contribution in [0.1, 0.15) is 51.8 Å². The summed E-state index contributed by atoms with van der Waals surface area (Å²) in [5, 5.41) is 4.75. The number of fused-ring (bicyclic) bond motifs is 3. The molecule has 0 spiro atoms. The van der Waals surface area contributed by atoms with E-state index in [9.17, 15) is 27.6 Å². The SMILES string of the molecule is NC(C=O)(NC(=O)c1ccccc1)C(c1ccc2c(c1)-c1ccccc1C2C(=O)NCC(F)(F)F)N1CCCC1. The van der Waals surface area contributed by atoms with Gasteiger partial charge in [0.1, 0.15) is 6.54 Å². The molecule has 0 aromatic heterocycles. The van der Waals surface area contributed by atoms with Crippen molar-refractivity contribution in [2.75, 3.05) is 19.6 Å². The third-order valence-electron chi connectivity index (χ3n) is 7.51. The molecule has 10 heteroatoms. The molecule has 4 N–H and O–H groups in total. The third kappa shape index (κ3) is 5.37. The van der Waals surface area contributed by atoms with Crippen LogP contribution < -0.4 is 16.4 Å². The van der Waals surface area contributed by atoms with Crippen molar-refractivity contribution < 1.29 is 27.6 Å². The first kappa shape index (κ1) is 27.5. The summed E-state index contributed by atoms with van der Waals surface area (Å²) in [5.74, 6) is -2.16. The zero-order valence-electron chi connectivity index (χ0n) is 21.6. The average Bonchev–Trinajstić information content (AvgIpc) is 3.58. The lowest BCUT2D eigenvalue weighted by molar-refractivity contribution is -0.138. The van der Waals surface area contributed by atoms with E-state index in [2.05, 4.69) is 10.2 Å². The summed E-state index contributed by atoms with van der Waals surface area (Å²) in [5.41, 5.74) is 8.44. The van der Waals surface area contributed by atoms with Crippen LogP contribution in [0, 0.1) is 0 Å². The van der Waals surface area contributed by atoms with E-state index in [1.165, 1.54) is 0 Å². The minimum Gasteiger partial charge on any atom is -0.346 e. The molecule has 0 saturated carbocycles. The first-order valence-electron chi connectivity index (χ1n) is 13.1. The smallest absolute Gasteiger partial charge is 0.346 e. The fourth-order valence-electron chi connectivity index (χ4n) is 5.77. The van der Waals surface area contributed by atoms with Crippen molar-refractivity contribution in [1.29, 1.82) is 0 Å². The van der Waals surface area contributed by atoms with Crippen molar-refractivity contribution in [2.45, 2.75) is 36.6 Å². The molecule has 1 heterocycles. The van der Waals surface area contributed by atoms with E-state index < -0.39 is 42.2 Å². The largest absolute Gasteiger partial charge is 0.405 e. The number of nitrogens with one attached hydrogen (secondary N) is 2. The molecule has 5 rings (SSSR count). The zero-order valence-corrected chi connectivity index (χ0v) is 21.6. The van der Waals surface area contributed by atoms with Gasteiger partial charge in [-0.3, -0.25) is 19.3 Å². The zero-order chi connectivity index (χ0) is 28.5. The summed E-state index contributed by atoms with van der Waals surface area (Å²) in [6, 6.07) is 20.1. The van der Waals surface area contributed by atoms with E-state index in [4.69, 9.17) is 5.73 Å². The molecule has 0 radical (unpaired) electrons. The van der Waals surface area contributed by atoms with Crippen LogP contribution in [0.5, 0.6) is 0 Å². The van der Waals surface area contributed by atoms with Crippen molar-refractivity contribution in [2.24, 2.45) is 5.73 Å². The van der Waals surface area contributed by atoms with Gasteiger partial charge in [-0.2, -0.15) is 13.2 Å². The molecule has 3 unspecified atom stereocenters. The van der Waals surface area contributed by atoms with Gasteiger partial charge in [-0.25, -0.2) is 0 Å². The van der Waals surface area contributed by atoms with Crippen LogP contribution in [0.25, 0.3) is 11.1 Å². The number of nitrogens with two attached hydrogens (primary N) is 1. The van der Waals surface area contributed by atoms with Crippen molar-refractivity contribution in [3.8, 4) is 11.1 Å². The topological polar surface area (TPSA) is 105 Å².